The van der Waals surface area contributed by atoms with Crippen LogP contribution in [0.1, 0.15) is 27.7 Å². The van der Waals surface area contributed by atoms with Crippen LogP contribution in [0.3, 0.4) is 0 Å². The van der Waals surface area contributed by atoms with Gasteiger partial charge in [0.05, 0.1) is 34.3 Å². The van der Waals surface area contributed by atoms with Gasteiger partial charge in [0.15, 0.2) is 0 Å². The number of hydrogen-bond acceptors (Lipinski definition) is 10. The van der Waals surface area contributed by atoms with Crippen LogP contribution in [-0.4, -0.2) is 80.9 Å². The first-order chi connectivity index (χ1) is 24.9. The molecule has 12 nitrogen and oxygen atoms in total. The molecule has 2 aliphatic heterocycles. The Balaban J connectivity index is 1.52. The van der Waals surface area contributed by atoms with Crippen molar-refractivity contribution in [3.05, 3.63) is 78.2 Å². The molecule has 6 rings (SSSR count). The predicted molar refractivity (Wildman–Crippen MR) is 205 cm³/mol. The number of piperazine rings is 1. The number of ether oxygens (including phenoxy) is 1. The summed E-state index contributed by atoms with van der Waals surface area (Å²) in [6, 6.07) is 20.0. The Bertz CT molecular complexity index is 2360. The van der Waals surface area contributed by atoms with Crippen LogP contribution in [0.5, 0.6) is 5.75 Å². The van der Waals surface area contributed by atoms with E-state index in [0.717, 1.165) is 62.1 Å². The van der Waals surface area contributed by atoms with E-state index in [0.29, 0.717) is 46.7 Å². The highest BCUT2D eigenvalue weighted by atomic mass is 32.2. The van der Waals surface area contributed by atoms with Crippen molar-refractivity contribution in [2.45, 2.75) is 37.5 Å². The van der Waals surface area contributed by atoms with Gasteiger partial charge in [-0.2, -0.15) is 0 Å². The first-order valence-corrected chi connectivity index (χ1v) is 20.4. The topological polar surface area (TPSA) is 147 Å². The molecule has 3 aromatic carbocycles. The van der Waals surface area contributed by atoms with Crippen LogP contribution in [0.2, 0.25) is 0 Å². The lowest BCUT2D eigenvalue weighted by Crippen LogP contribution is -2.43. The van der Waals surface area contributed by atoms with E-state index < -0.39 is 25.0 Å². The van der Waals surface area contributed by atoms with Gasteiger partial charge >= 0.3 is 0 Å². The van der Waals surface area contributed by atoms with Crippen molar-refractivity contribution in [2.75, 3.05) is 74.0 Å². The second-order valence-corrected chi connectivity index (χ2v) is 15.6. The molecule has 3 aliphatic rings. The van der Waals surface area contributed by atoms with E-state index in [2.05, 4.69) is 52.1 Å². The predicted octanol–water partition coefficient (Wildman–Crippen LogP) is 4.99. The normalized spacial score (nSPS) is 13.8. The number of nitrogens with one attached hydrogen (secondary N) is 2. The maximum atomic E-state index is 13.8. The van der Waals surface area contributed by atoms with E-state index in [4.69, 9.17) is 9.15 Å². The van der Waals surface area contributed by atoms with Gasteiger partial charge in [-0.3, -0.25) is 4.72 Å². The van der Waals surface area contributed by atoms with E-state index in [9.17, 15) is 21.4 Å². The van der Waals surface area contributed by atoms with Gasteiger partial charge in [-0.25, -0.2) is 21.4 Å². The minimum Gasteiger partial charge on any atom is -0.744 e. The SMILES string of the molecule is CCN(CC)c1ccc2c(-c3ccc(S(=O)(=O)Nc4ccc(OC)c(N5CCNCC5)c4)cc3S(=O)(=O)[O-])c3ccc(=[N+](CC)CC)cc-3oc2c1. The Kier molecular flexibility index (Phi) is 10.8. The number of nitrogens with zero attached hydrogens (tertiary/aromatic N) is 3. The average Bonchev–Trinajstić information content (AvgIpc) is 3.14. The Morgan fingerprint density at radius 3 is 2.25 bits per heavy atom. The van der Waals surface area contributed by atoms with Gasteiger partial charge in [0.1, 0.15) is 40.3 Å². The quantitative estimate of drug-likeness (QED) is 0.102. The number of benzene rings is 4. The lowest BCUT2D eigenvalue weighted by atomic mass is 9.93. The lowest BCUT2D eigenvalue weighted by Gasteiger charge is -2.31. The number of fused-ring (bicyclic) bond motifs is 2. The van der Waals surface area contributed by atoms with Gasteiger partial charge in [-0.1, -0.05) is 6.07 Å². The molecule has 0 bridgehead atoms. The molecule has 0 spiro atoms. The monoisotopic (exact) mass is 747 g/mol. The molecule has 0 aromatic heterocycles. The zero-order chi connectivity index (χ0) is 37.2. The third-order valence-corrected chi connectivity index (χ3v) is 11.9. The molecule has 52 heavy (non-hydrogen) atoms. The second kappa shape index (κ2) is 15.2. The summed E-state index contributed by atoms with van der Waals surface area (Å²) in [4.78, 5) is 3.25. The molecule has 276 valence electrons. The standard InChI is InChI=1S/C38H45N5O7S2/c1-6-41(7-2)27-11-14-30-35(23-27)50-36-24-28(42(8-3)9-4)12-15-31(36)38(30)32-16-13-29(25-37(32)52(46,47)48)51(44,45)40-26-10-17-34(49-5)33(22-26)43-20-18-39-19-21-43/h10-17,22-25,39-40H,6-9,18-21H2,1-5H3. The van der Waals surface area contributed by atoms with Crippen molar-refractivity contribution >= 4 is 48.2 Å². The molecule has 0 saturated carbocycles. The van der Waals surface area contributed by atoms with Crippen molar-refractivity contribution in [3.63, 3.8) is 0 Å². The smallest absolute Gasteiger partial charge is 0.261 e. The van der Waals surface area contributed by atoms with Crippen LogP contribution in [0.15, 0.2) is 87.0 Å². The minimum atomic E-state index is -5.18. The zero-order valence-electron chi connectivity index (χ0n) is 30.1. The van der Waals surface area contributed by atoms with Gasteiger partial charge in [0, 0.05) is 79.2 Å². The number of hydrogen-bond donors (Lipinski definition) is 2. The minimum absolute atomic E-state index is 0.0800. The third-order valence-electron chi connectivity index (χ3n) is 9.64. The molecule has 3 aromatic rings. The Hall–Kier alpha value is -4.63. The van der Waals surface area contributed by atoms with E-state index in [1.54, 1.807) is 25.3 Å². The third kappa shape index (κ3) is 7.33. The number of sulfonamides is 1. The molecule has 1 aliphatic carbocycles. The molecule has 0 unspecified atom stereocenters. The van der Waals surface area contributed by atoms with Crippen LogP contribution < -0.4 is 34.5 Å². The van der Waals surface area contributed by atoms with Crippen LogP contribution in [-0.2, 0) is 20.1 Å². The molecule has 1 saturated heterocycles. The fourth-order valence-electron chi connectivity index (χ4n) is 6.93. The van der Waals surface area contributed by atoms with E-state index >= 15 is 0 Å². The summed E-state index contributed by atoms with van der Waals surface area (Å²) in [5, 5.41) is 4.80. The summed E-state index contributed by atoms with van der Waals surface area (Å²) in [5.41, 5.74) is 3.53. The molecule has 0 amide bonds. The van der Waals surface area contributed by atoms with Gasteiger partial charge in [0.2, 0.25) is 5.36 Å². The molecule has 1 fully saturated rings. The summed E-state index contributed by atoms with van der Waals surface area (Å²) in [6.45, 7) is 14.3. The summed E-state index contributed by atoms with van der Waals surface area (Å²) >= 11 is 0. The zero-order valence-corrected chi connectivity index (χ0v) is 31.7. The molecule has 0 radical (unpaired) electrons. The Morgan fingerprint density at radius 1 is 0.885 bits per heavy atom. The van der Waals surface area contributed by atoms with Crippen LogP contribution >= 0.6 is 0 Å². The van der Waals surface area contributed by atoms with Crippen molar-refractivity contribution in [1.29, 1.82) is 0 Å². The van der Waals surface area contributed by atoms with Crippen molar-refractivity contribution in [1.82, 2.24) is 9.89 Å². The van der Waals surface area contributed by atoms with Gasteiger partial charge in [0.25, 0.3) is 10.0 Å². The molecular formula is C38H45N5O7S2. The van der Waals surface area contributed by atoms with Crippen molar-refractivity contribution in [2.24, 2.45) is 0 Å². The van der Waals surface area contributed by atoms with E-state index in [1.165, 1.54) is 12.1 Å². The van der Waals surface area contributed by atoms with E-state index in [1.807, 2.05) is 36.4 Å². The highest BCUT2D eigenvalue weighted by Gasteiger charge is 2.26. The van der Waals surface area contributed by atoms with Gasteiger partial charge in [-0.15, -0.1) is 0 Å². The second-order valence-electron chi connectivity index (χ2n) is 12.5. The van der Waals surface area contributed by atoms with Crippen molar-refractivity contribution < 1.29 is 30.5 Å². The first-order valence-electron chi connectivity index (χ1n) is 17.5. The van der Waals surface area contributed by atoms with Gasteiger partial charge < -0.3 is 28.8 Å². The van der Waals surface area contributed by atoms with Crippen molar-refractivity contribution in [3.8, 4) is 28.2 Å². The number of methoxy groups -OCH3 is 1. The first kappa shape index (κ1) is 37.1. The highest BCUT2D eigenvalue weighted by Crippen LogP contribution is 2.43. The highest BCUT2D eigenvalue weighted by molar-refractivity contribution is 7.92. The molecule has 2 N–H and O–H groups in total. The lowest BCUT2D eigenvalue weighted by molar-refractivity contribution is 0.413. The molecule has 0 atom stereocenters. The summed E-state index contributed by atoms with van der Waals surface area (Å²) in [6.07, 6.45) is 0. The Labute approximate surface area is 305 Å². The molecule has 2 heterocycles. The number of anilines is 3. The largest absolute Gasteiger partial charge is 0.744 e. The fraction of sp³-hybridized carbons (Fsp3) is 0.342. The maximum Gasteiger partial charge on any atom is 0.261 e. The van der Waals surface area contributed by atoms with E-state index in [-0.39, 0.29) is 16.1 Å². The average molecular weight is 748 g/mol. The molecular weight excluding hydrogens is 703 g/mol. The molecule has 14 heteroatoms. The van der Waals surface area contributed by atoms with Gasteiger partial charge in [-0.05, 0) is 76.2 Å². The fourth-order valence-corrected chi connectivity index (χ4v) is 8.79. The van der Waals surface area contributed by atoms with Crippen LogP contribution in [0, 0.1) is 0 Å². The number of rotatable bonds is 12. The maximum absolute atomic E-state index is 13.8. The summed E-state index contributed by atoms with van der Waals surface area (Å²) in [5.74, 6) is 1.09. The Morgan fingerprint density at radius 2 is 1.60 bits per heavy atom. The van der Waals surface area contributed by atoms with Crippen LogP contribution in [0.25, 0.3) is 33.4 Å². The summed E-state index contributed by atoms with van der Waals surface area (Å²) in [7, 11) is -7.97. The summed E-state index contributed by atoms with van der Waals surface area (Å²) < 4.78 is 83.5. The van der Waals surface area contributed by atoms with Crippen LogP contribution in [0.4, 0.5) is 17.1 Å².